The second-order valence-corrected chi connectivity index (χ2v) is 7.69. The third kappa shape index (κ3) is 2.96. The minimum atomic E-state index is -0.260. The van der Waals surface area contributed by atoms with Crippen LogP contribution in [-0.2, 0) is 6.42 Å². The molecule has 0 N–H and O–H groups in total. The highest BCUT2D eigenvalue weighted by Crippen LogP contribution is 2.47. The molecule has 2 aliphatic rings. The van der Waals surface area contributed by atoms with Crippen molar-refractivity contribution in [3.05, 3.63) is 100 Å². The first-order valence-corrected chi connectivity index (χ1v) is 10.1. The highest BCUT2D eigenvalue weighted by molar-refractivity contribution is 6.30. The Hall–Kier alpha value is -2.78. The molecule has 2 unspecified atom stereocenters. The number of para-hydroxylation sites is 1. The summed E-state index contributed by atoms with van der Waals surface area (Å²) in [5.74, 6) is 0.932. The summed E-state index contributed by atoms with van der Waals surface area (Å²) in [6.45, 7) is 2.17. The highest BCUT2D eigenvalue weighted by atomic mass is 35.5. The van der Waals surface area contributed by atoms with Gasteiger partial charge in [0.15, 0.2) is 0 Å². The van der Waals surface area contributed by atoms with Crippen molar-refractivity contribution >= 4 is 17.3 Å². The predicted octanol–water partition coefficient (Wildman–Crippen LogP) is 6.14. The summed E-state index contributed by atoms with van der Waals surface area (Å²) in [4.78, 5) is 0. The van der Waals surface area contributed by atoms with Gasteiger partial charge in [-0.15, -0.1) is 0 Å². The fourth-order valence-corrected chi connectivity index (χ4v) is 4.11. The molecule has 3 nitrogen and oxygen atoms in total. The van der Waals surface area contributed by atoms with Gasteiger partial charge in [0.2, 0.25) is 6.23 Å². The molecule has 0 fully saturated rings. The number of rotatable bonds is 3. The molecule has 28 heavy (non-hydrogen) atoms. The molecule has 5 rings (SSSR count). The summed E-state index contributed by atoms with van der Waals surface area (Å²) in [5.41, 5.74) is 5.87. The van der Waals surface area contributed by atoms with Crippen molar-refractivity contribution < 1.29 is 4.74 Å². The molecule has 4 heteroatoms. The van der Waals surface area contributed by atoms with E-state index in [1.54, 1.807) is 0 Å². The SMILES string of the molecule is CCc1ccc(C2=NN3C(C2)c2ccccc2OC3c2ccc(Cl)cc2)cc1. The number of hydrogen-bond donors (Lipinski definition) is 0. The van der Waals surface area contributed by atoms with Crippen LogP contribution in [0, 0.1) is 0 Å². The summed E-state index contributed by atoms with van der Waals surface area (Å²) >= 11 is 6.09. The van der Waals surface area contributed by atoms with Crippen molar-refractivity contribution in [2.45, 2.75) is 32.0 Å². The molecule has 2 aliphatic heterocycles. The molecule has 140 valence electrons. The number of benzene rings is 3. The lowest BCUT2D eigenvalue weighted by Crippen LogP contribution is -2.33. The lowest BCUT2D eigenvalue weighted by atomic mass is 9.95. The minimum Gasteiger partial charge on any atom is -0.464 e. The standard InChI is InChI=1S/C24H21ClN2O/c1-2-16-7-9-17(10-8-16)21-15-22-20-5-3-4-6-23(20)28-24(27(22)26-21)18-11-13-19(25)14-12-18/h3-14,22,24H,2,15H2,1H3. The Labute approximate surface area is 170 Å². The predicted molar refractivity (Wildman–Crippen MR) is 113 cm³/mol. The zero-order valence-electron chi connectivity index (χ0n) is 15.7. The van der Waals surface area contributed by atoms with Gasteiger partial charge in [-0.2, -0.15) is 5.10 Å². The summed E-state index contributed by atoms with van der Waals surface area (Å²) in [6.07, 6.45) is 1.65. The van der Waals surface area contributed by atoms with Gasteiger partial charge in [0, 0.05) is 22.6 Å². The Balaban J connectivity index is 1.56. The Morgan fingerprint density at radius 2 is 1.75 bits per heavy atom. The fourth-order valence-electron chi connectivity index (χ4n) is 3.99. The van der Waals surface area contributed by atoms with Gasteiger partial charge in [0.1, 0.15) is 5.75 Å². The van der Waals surface area contributed by atoms with E-state index in [4.69, 9.17) is 21.4 Å². The number of hydrazone groups is 1. The number of halogens is 1. The Kier molecular flexibility index (Phi) is 4.33. The molecule has 0 saturated carbocycles. The Morgan fingerprint density at radius 1 is 1.00 bits per heavy atom. The number of hydrogen-bond acceptors (Lipinski definition) is 3. The van der Waals surface area contributed by atoms with Crippen LogP contribution >= 0.6 is 11.6 Å². The van der Waals surface area contributed by atoms with E-state index in [1.165, 1.54) is 16.7 Å². The molecule has 0 radical (unpaired) electrons. The van der Waals surface area contributed by atoms with Crippen LogP contribution in [0.2, 0.25) is 5.02 Å². The van der Waals surface area contributed by atoms with Gasteiger partial charge in [-0.1, -0.05) is 73.1 Å². The van der Waals surface area contributed by atoms with Gasteiger partial charge in [-0.3, -0.25) is 0 Å². The molecule has 0 aliphatic carbocycles. The van der Waals surface area contributed by atoms with Gasteiger partial charge < -0.3 is 4.74 Å². The molecule has 3 aromatic rings. The molecule has 0 spiro atoms. The summed E-state index contributed by atoms with van der Waals surface area (Å²) in [5, 5.41) is 7.83. The third-order valence-electron chi connectivity index (χ3n) is 5.55. The van der Waals surface area contributed by atoms with Crippen LogP contribution in [0.15, 0.2) is 77.9 Å². The van der Waals surface area contributed by atoms with Crippen molar-refractivity contribution in [2.24, 2.45) is 5.10 Å². The molecule has 3 aromatic carbocycles. The molecule has 0 aromatic heterocycles. The average molecular weight is 389 g/mol. The van der Waals surface area contributed by atoms with Gasteiger partial charge in [0.05, 0.1) is 11.8 Å². The number of nitrogens with zero attached hydrogens (tertiary/aromatic N) is 2. The topological polar surface area (TPSA) is 24.8 Å². The van der Waals surface area contributed by atoms with Crippen LogP contribution in [0.4, 0.5) is 0 Å². The van der Waals surface area contributed by atoms with Crippen LogP contribution < -0.4 is 4.74 Å². The fraction of sp³-hybridized carbons (Fsp3) is 0.208. The summed E-state index contributed by atoms with van der Waals surface area (Å²) in [7, 11) is 0. The second-order valence-electron chi connectivity index (χ2n) is 7.26. The molecule has 0 bridgehead atoms. The van der Waals surface area contributed by atoms with E-state index in [0.29, 0.717) is 0 Å². The van der Waals surface area contributed by atoms with Crippen LogP contribution in [0.1, 0.15) is 47.9 Å². The van der Waals surface area contributed by atoms with E-state index in [1.807, 2.05) is 36.4 Å². The largest absolute Gasteiger partial charge is 0.464 e. The van der Waals surface area contributed by atoms with Crippen LogP contribution in [-0.4, -0.2) is 10.7 Å². The van der Waals surface area contributed by atoms with Gasteiger partial charge in [0.25, 0.3) is 0 Å². The van der Waals surface area contributed by atoms with Crippen LogP contribution in [0.5, 0.6) is 5.75 Å². The van der Waals surface area contributed by atoms with Crippen molar-refractivity contribution in [3.63, 3.8) is 0 Å². The smallest absolute Gasteiger partial charge is 0.213 e. The van der Waals surface area contributed by atoms with Crippen molar-refractivity contribution in [1.29, 1.82) is 0 Å². The molecular formula is C24H21ClN2O. The lowest BCUT2D eigenvalue weighted by Gasteiger charge is -2.38. The van der Waals surface area contributed by atoms with E-state index in [-0.39, 0.29) is 12.3 Å². The van der Waals surface area contributed by atoms with Gasteiger partial charge in [-0.05, 0) is 35.7 Å². The zero-order valence-corrected chi connectivity index (χ0v) is 16.4. The number of ether oxygens (including phenoxy) is 1. The maximum absolute atomic E-state index is 6.37. The summed E-state index contributed by atoms with van der Waals surface area (Å²) in [6, 6.07) is 25.0. The molecule has 2 heterocycles. The summed E-state index contributed by atoms with van der Waals surface area (Å²) < 4.78 is 6.37. The van der Waals surface area contributed by atoms with Crippen molar-refractivity contribution in [3.8, 4) is 5.75 Å². The highest BCUT2D eigenvalue weighted by Gasteiger charge is 2.40. The third-order valence-corrected chi connectivity index (χ3v) is 5.80. The van der Waals surface area contributed by atoms with E-state index < -0.39 is 0 Å². The maximum Gasteiger partial charge on any atom is 0.213 e. The molecule has 2 atom stereocenters. The first kappa shape index (κ1) is 17.3. The van der Waals surface area contributed by atoms with Crippen molar-refractivity contribution in [2.75, 3.05) is 0 Å². The zero-order chi connectivity index (χ0) is 19.1. The first-order valence-electron chi connectivity index (χ1n) is 9.69. The van der Waals surface area contributed by atoms with E-state index >= 15 is 0 Å². The average Bonchev–Trinajstić information content (AvgIpc) is 3.20. The molecular weight excluding hydrogens is 368 g/mol. The molecule has 0 saturated heterocycles. The van der Waals surface area contributed by atoms with Gasteiger partial charge in [-0.25, -0.2) is 5.01 Å². The minimum absolute atomic E-state index is 0.173. The van der Waals surface area contributed by atoms with E-state index in [9.17, 15) is 0 Å². The monoisotopic (exact) mass is 388 g/mol. The van der Waals surface area contributed by atoms with Crippen LogP contribution in [0.3, 0.4) is 0 Å². The van der Waals surface area contributed by atoms with E-state index in [0.717, 1.165) is 34.9 Å². The number of aryl methyl sites for hydroxylation is 1. The normalized spacial score (nSPS) is 20.2. The molecule has 0 amide bonds. The Morgan fingerprint density at radius 3 is 2.50 bits per heavy atom. The number of fused-ring (bicyclic) bond motifs is 3. The van der Waals surface area contributed by atoms with Crippen LogP contribution in [0.25, 0.3) is 0 Å². The maximum atomic E-state index is 6.37. The second kappa shape index (κ2) is 6.99. The lowest BCUT2D eigenvalue weighted by molar-refractivity contribution is -0.0190. The Bertz CT molecular complexity index is 1030. The van der Waals surface area contributed by atoms with E-state index in [2.05, 4.69) is 48.3 Å². The van der Waals surface area contributed by atoms with Crippen molar-refractivity contribution in [1.82, 2.24) is 5.01 Å². The quantitative estimate of drug-likeness (QED) is 0.538. The first-order chi connectivity index (χ1) is 13.7. The van der Waals surface area contributed by atoms with Gasteiger partial charge >= 0.3 is 0 Å².